The van der Waals surface area contributed by atoms with Crippen LogP contribution in [0.15, 0.2) is 18.2 Å². The molecule has 0 saturated carbocycles. The second-order valence-electron chi connectivity index (χ2n) is 3.40. The number of nitrogens with one attached hydrogen (secondary N) is 1. The smallest absolute Gasteiger partial charge is 0.336 e. The van der Waals surface area contributed by atoms with Crippen molar-refractivity contribution in [3.8, 4) is 6.07 Å². The molecule has 0 aliphatic carbocycles. The number of halogens is 4. The first kappa shape index (κ1) is 13.6. The molecule has 0 amide bonds. The van der Waals surface area contributed by atoms with Crippen LogP contribution in [0.5, 0.6) is 0 Å². The van der Waals surface area contributed by atoms with E-state index < -0.39 is 11.7 Å². The quantitative estimate of drug-likeness (QED) is 0.916. The van der Waals surface area contributed by atoms with Gasteiger partial charge in [-0.2, -0.15) is 27.2 Å². The van der Waals surface area contributed by atoms with Gasteiger partial charge in [-0.05, 0) is 18.2 Å². The normalized spacial score (nSPS) is 11.1. The fourth-order valence-electron chi connectivity index (χ4n) is 1.30. The molecule has 0 spiro atoms. The molecular weight excluding hydrogens is 301 g/mol. The zero-order valence-corrected chi connectivity index (χ0v) is 10.6. The van der Waals surface area contributed by atoms with Crippen molar-refractivity contribution in [1.29, 1.82) is 5.26 Å². The van der Waals surface area contributed by atoms with Gasteiger partial charge in [-0.1, -0.05) is 11.6 Å². The molecule has 98 valence electrons. The van der Waals surface area contributed by atoms with E-state index in [1.165, 1.54) is 0 Å². The molecule has 4 nitrogen and oxygen atoms in total. The first-order valence-corrected chi connectivity index (χ1v) is 5.89. The van der Waals surface area contributed by atoms with E-state index in [0.29, 0.717) is 0 Å². The summed E-state index contributed by atoms with van der Waals surface area (Å²) < 4.78 is 45.0. The van der Waals surface area contributed by atoms with Crippen molar-refractivity contribution in [2.75, 3.05) is 5.32 Å². The Morgan fingerprint density at radius 1 is 1.32 bits per heavy atom. The lowest BCUT2D eigenvalue weighted by molar-refractivity contribution is -0.137. The number of nitriles is 1. The molecule has 0 unspecified atom stereocenters. The zero-order valence-electron chi connectivity index (χ0n) is 8.99. The van der Waals surface area contributed by atoms with Crippen LogP contribution >= 0.6 is 23.3 Å². The van der Waals surface area contributed by atoms with Crippen molar-refractivity contribution in [3.05, 3.63) is 34.5 Å². The number of benzene rings is 1. The highest BCUT2D eigenvalue weighted by molar-refractivity contribution is 6.99. The maximum atomic E-state index is 12.5. The third kappa shape index (κ3) is 2.94. The molecular formula is C10H4ClF3N4S. The van der Waals surface area contributed by atoms with E-state index >= 15 is 0 Å². The fourth-order valence-corrected chi connectivity index (χ4v) is 1.95. The maximum Gasteiger partial charge on any atom is 0.416 e. The van der Waals surface area contributed by atoms with Crippen molar-refractivity contribution in [1.82, 2.24) is 8.75 Å². The molecule has 2 aromatic rings. The zero-order chi connectivity index (χ0) is 14.0. The van der Waals surface area contributed by atoms with Gasteiger partial charge in [0.1, 0.15) is 6.07 Å². The molecule has 0 aliphatic rings. The summed E-state index contributed by atoms with van der Waals surface area (Å²) in [6, 6.07) is 4.47. The van der Waals surface area contributed by atoms with Gasteiger partial charge < -0.3 is 5.32 Å². The molecule has 19 heavy (non-hydrogen) atoms. The van der Waals surface area contributed by atoms with Gasteiger partial charge in [0, 0.05) is 0 Å². The summed E-state index contributed by atoms with van der Waals surface area (Å²) in [4.78, 5) is 0. The third-order valence-electron chi connectivity index (χ3n) is 2.17. The van der Waals surface area contributed by atoms with Crippen molar-refractivity contribution < 1.29 is 13.2 Å². The topological polar surface area (TPSA) is 61.6 Å². The van der Waals surface area contributed by atoms with Crippen LogP contribution in [-0.4, -0.2) is 8.75 Å². The van der Waals surface area contributed by atoms with Gasteiger partial charge in [0.15, 0.2) is 11.0 Å². The standard InChI is InChI=1S/C10H4ClF3N4S/c11-8-9(18-19-17-8)16-7-2-1-6(10(12,13)14)3-5(7)4-15/h1-3H,(H,16,18). The Morgan fingerprint density at radius 3 is 2.58 bits per heavy atom. The highest BCUT2D eigenvalue weighted by atomic mass is 35.5. The molecule has 1 N–H and O–H groups in total. The molecule has 0 atom stereocenters. The van der Waals surface area contributed by atoms with Crippen molar-refractivity contribution >= 4 is 34.8 Å². The van der Waals surface area contributed by atoms with Gasteiger partial charge in [-0.15, -0.1) is 0 Å². The molecule has 1 aromatic carbocycles. The van der Waals surface area contributed by atoms with Crippen LogP contribution in [0.2, 0.25) is 5.15 Å². The van der Waals surface area contributed by atoms with Crippen molar-refractivity contribution in [2.45, 2.75) is 6.18 Å². The SMILES string of the molecule is N#Cc1cc(C(F)(F)F)ccc1Nc1nsnc1Cl. The molecule has 1 aromatic heterocycles. The maximum absolute atomic E-state index is 12.5. The van der Waals surface area contributed by atoms with Gasteiger partial charge in [-0.3, -0.25) is 0 Å². The predicted molar refractivity (Wildman–Crippen MR) is 64.4 cm³/mol. The van der Waals surface area contributed by atoms with Crippen molar-refractivity contribution in [2.24, 2.45) is 0 Å². The Bertz CT molecular complexity index is 647. The van der Waals surface area contributed by atoms with E-state index in [0.717, 1.165) is 29.9 Å². The van der Waals surface area contributed by atoms with E-state index in [2.05, 4.69) is 14.1 Å². The average Bonchev–Trinajstić information content (AvgIpc) is 2.74. The van der Waals surface area contributed by atoms with Crippen LogP contribution in [0.3, 0.4) is 0 Å². The second kappa shape index (κ2) is 5.03. The molecule has 1 heterocycles. The second-order valence-corrected chi connectivity index (χ2v) is 4.29. The fraction of sp³-hybridized carbons (Fsp3) is 0.100. The van der Waals surface area contributed by atoms with Gasteiger partial charge in [-0.25, -0.2) is 0 Å². The molecule has 0 fully saturated rings. The van der Waals surface area contributed by atoms with E-state index in [-0.39, 0.29) is 22.2 Å². The van der Waals surface area contributed by atoms with E-state index in [9.17, 15) is 13.2 Å². The van der Waals surface area contributed by atoms with E-state index in [4.69, 9.17) is 16.9 Å². The summed E-state index contributed by atoms with van der Waals surface area (Å²) in [5.74, 6) is 0.197. The van der Waals surface area contributed by atoms with Gasteiger partial charge in [0.2, 0.25) is 0 Å². The molecule has 0 saturated heterocycles. The highest BCUT2D eigenvalue weighted by Gasteiger charge is 2.31. The van der Waals surface area contributed by atoms with Crippen molar-refractivity contribution in [3.63, 3.8) is 0 Å². The molecule has 0 radical (unpaired) electrons. The van der Waals surface area contributed by atoms with Crippen LogP contribution in [-0.2, 0) is 6.18 Å². The largest absolute Gasteiger partial charge is 0.416 e. The number of hydrogen-bond donors (Lipinski definition) is 1. The molecule has 9 heteroatoms. The highest BCUT2D eigenvalue weighted by Crippen LogP contribution is 2.33. The minimum absolute atomic E-state index is 0.0915. The van der Waals surface area contributed by atoms with Gasteiger partial charge >= 0.3 is 6.18 Å². The lowest BCUT2D eigenvalue weighted by Gasteiger charge is -2.10. The third-order valence-corrected chi connectivity index (χ3v) is 3.06. The van der Waals surface area contributed by atoms with Crippen LogP contribution in [0, 0.1) is 11.3 Å². The summed E-state index contributed by atoms with van der Waals surface area (Å²) in [6.45, 7) is 0. The van der Waals surface area contributed by atoms with E-state index in [1.54, 1.807) is 6.07 Å². The molecule has 0 bridgehead atoms. The monoisotopic (exact) mass is 304 g/mol. The number of nitrogens with zero attached hydrogens (tertiary/aromatic N) is 3. The minimum Gasteiger partial charge on any atom is -0.336 e. The van der Waals surface area contributed by atoms with Crippen LogP contribution in [0.1, 0.15) is 11.1 Å². The van der Waals surface area contributed by atoms with Crippen LogP contribution < -0.4 is 5.32 Å². The Kier molecular flexibility index (Phi) is 3.59. The minimum atomic E-state index is -4.50. The Labute approximate surface area is 114 Å². The lowest BCUT2D eigenvalue weighted by atomic mass is 10.1. The first-order valence-electron chi connectivity index (χ1n) is 4.78. The van der Waals surface area contributed by atoms with E-state index in [1.807, 2.05) is 0 Å². The van der Waals surface area contributed by atoms with Gasteiger partial charge in [0.25, 0.3) is 0 Å². The Balaban J connectivity index is 2.38. The number of aromatic nitrogens is 2. The first-order chi connectivity index (χ1) is 8.91. The Hall–Kier alpha value is -1.85. The summed E-state index contributed by atoms with van der Waals surface area (Å²) in [7, 11) is 0. The number of alkyl halides is 3. The van der Waals surface area contributed by atoms with Crippen LogP contribution in [0.4, 0.5) is 24.7 Å². The van der Waals surface area contributed by atoms with Gasteiger partial charge in [0.05, 0.1) is 28.5 Å². The predicted octanol–water partition coefficient (Wildman–Crippen LogP) is 3.83. The summed E-state index contributed by atoms with van der Waals surface area (Å²) in [5, 5.41) is 11.6. The lowest BCUT2D eigenvalue weighted by Crippen LogP contribution is -2.06. The number of rotatable bonds is 2. The molecule has 2 rings (SSSR count). The Morgan fingerprint density at radius 2 is 2.05 bits per heavy atom. The summed E-state index contributed by atoms with van der Waals surface area (Å²) >= 11 is 6.55. The van der Waals surface area contributed by atoms with Crippen LogP contribution in [0.25, 0.3) is 0 Å². The summed E-state index contributed by atoms with van der Waals surface area (Å²) in [6.07, 6.45) is -4.50. The molecule has 0 aliphatic heterocycles. The number of hydrogen-bond acceptors (Lipinski definition) is 5. The summed E-state index contributed by atoms with van der Waals surface area (Å²) in [5.41, 5.74) is -0.860. The number of anilines is 2. The average molecular weight is 305 g/mol.